The van der Waals surface area contributed by atoms with Gasteiger partial charge in [0.15, 0.2) is 0 Å². The minimum Gasteiger partial charge on any atom is -0.303 e. The molecule has 2 nitrogen and oxygen atoms in total. The van der Waals surface area contributed by atoms with E-state index in [1.54, 1.807) is 12.4 Å². The zero-order valence-corrected chi connectivity index (χ0v) is 6.10. The molecule has 1 aliphatic rings. The van der Waals surface area contributed by atoms with Crippen LogP contribution in [-0.4, -0.2) is 11.3 Å². The molecule has 0 N–H and O–H groups in total. The summed E-state index contributed by atoms with van der Waals surface area (Å²) < 4.78 is 0. The highest BCUT2D eigenvalue weighted by Crippen LogP contribution is 2.45. The summed E-state index contributed by atoms with van der Waals surface area (Å²) in [6.07, 6.45) is 5.61. The smallest absolute Gasteiger partial charge is 0.123 e. The summed E-state index contributed by atoms with van der Waals surface area (Å²) in [5.41, 5.74) is 1.25. The van der Waals surface area contributed by atoms with Crippen LogP contribution < -0.4 is 0 Å². The summed E-state index contributed by atoms with van der Waals surface area (Å²) in [5.74, 6) is 0.757. The van der Waals surface area contributed by atoms with Crippen LogP contribution in [0, 0.1) is 5.92 Å². The highest BCUT2D eigenvalue weighted by molar-refractivity contribution is 5.61. The lowest BCUT2D eigenvalue weighted by molar-refractivity contribution is -0.108. The monoisotopic (exact) mass is 147 g/mol. The molecule has 2 heteroatoms. The van der Waals surface area contributed by atoms with Crippen molar-refractivity contribution in [2.45, 2.75) is 12.3 Å². The van der Waals surface area contributed by atoms with Crippen LogP contribution in [0.1, 0.15) is 17.9 Å². The molecule has 0 radical (unpaired) electrons. The highest BCUT2D eigenvalue weighted by Gasteiger charge is 2.37. The lowest BCUT2D eigenvalue weighted by Crippen LogP contribution is -1.83. The second-order valence-corrected chi connectivity index (χ2v) is 2.92. The van der Waals surface area contributed by atoms with E-state index in [1.807, 2.05) is 12.1 Å². The van der Waals surface area contributed by atoms with Crippen molar-refractivity contribution >= 4 is 6.29 Å². The van der Waals surface area contributed by atoms with E-state index in [4.69, 9.17) is 0 Å². The third kappa shape index (κ3) is 1.16. The van der Waals surface area contributed by atoms with Gasteiger partial charge in [-0.05, 0) is 30.0 Å². The molecule has 56 valence electrons. The van der Waals surface area contributed by atoms with Crippen molar-refractivity contribution < 1.29 is 4.79 Å². The molecule has 1 aliphatic carbocycles. The average Bonchev–Trinajstić information content (AvgIpc) is 2.85. The zero-order chi connectivity index (χ0) is 7.68. The van der Waals surface area contributed by atoms with Gasteiger partial charge in [-0.15, -0.1) is 0 Å². The number of hydrogen-bond acceptors (Lipinski definition) is 2. The van der Waals surface area contributed by atoms with Crippen molar-refractivity contribution in [3.8, 4) is 0 Å². The van der Waals surface area contributed by atoms with Crippen molar-refractivity contribution in [3.05, 3.63) is 30.1 Å². The van der Waals surface area contributed by atoms with Crippen LogP contribution in [-0.2, 0) is 4.79 Å². The van der Waals surface area contributed by atoms with Crippen LogP contribution in [0.4, 0.5) is 0 Å². The third-order valence-electron chi connectivity index (χ3n) is 2.15. The first-order valence-electron chi connectivity index (χ1n) is 3.77. The van der Waals surface area contributed by atoms with Gasteiger partial charge in [0.1, 0.15) is 6.29 Å². The van der Waals surface area contributed by atoms with Crippen molar-refractivity contribution in [2.75, 3.05) is 0 Å². The summed E-state index contributed by atoms with van der Waals surface area (Å²) in [4.78, 5) is 14.3. The van der Waals surface area contributed by atoms with Crippen LogP contribution in [0.15, 0.2) is 24.5 Å². The Bertz CT molecular complexity index is 258. The number of carbonyl (C=O) groups is 1. The Morgan fingerprint density at radius 3 is 2.73 bits per heavy atom. The second kappa shape index (κ2) is 2.46. The number of nitrogens with zero attached hydrogens (tertiary/aromatic N) is 1. The van der Waals surface area contributed by atoms with E-state index in [0.29, 0.717) is 5.92 Å². The van der Waals surface area contributed by atoms with E-state index in [2.05, 4.69) is 4.98 Å². The molecule has 1 fully saturated rings. The molecule has 0 saturated heterocycles. The van der Waals surface area contributed by atoms with Gasteiger partial charge in [-0.25, -0.2) is 0 Å². The molecular formula is C9H9NO. The molecule has 0 bridgehead atoms. The van der Waals surface area contributed by atoms with E-state index in [1.165, 1.54) is 5.56 Å². The van der Waals surface area contributed by atoms with E-state index in [9.17, 15) is 4.79 Å². The first kappa shape index (κ1) is 6.53. The molecule has 0 unspecified atom stereocenters. The summed E-state index contributed by atoms with van der Waals surface area (Å²) in [6, 6.07) is 3.96. The largest absolute Gasteiger partial charge is 0.303 e. The Hall–Kier alpha value is -1.18. The molecular weight excluding hydrogens is 138 g/mol. The second-order valence-electron chi connectivity index (χ2n) is 2.92. The molecule has 11 heavy (non-hydrogen) atoms. The van der Waals surface area contributed by atoms with E-state index >= 15 is 0 Å². The van der Waals surface area contributed by atoms with Crippen LogP contribution in [0.25, 0.3) is 0 Å². The number of hydrogen-bond donors (Lipinski definition) is 0. The first-order chi connectivity index (χ1) is 5.42. The average molecular weight is 147 g/mol. The number of rotatable bonds is 2. The van der Waals surface area contributed by atoms with Crippen LogP contribution >= 0.6 is 0 Å². The van der Waals surface area contributed by atoms with E-state index < -0.39 is 0 Å². The summed E-state index contributed by atoms with van der Waals surface area (Å²) in [6.45, 7) is 0. The Balaban J connectivity index is 2.14. The summed E-state index contributed by atoms with van der Waals surface area (Å²) in [5, 5.41) is 0. The highest BCUT2D eigenvalue weighted by atomic mass is 16.1. The van der Waals surface area contributed by atoms with Gasteiger partial charge in [0.25, 0.3) is 0 Å². The van der Waals surface area contributed by atoms with Gasteiger partial charge >= 0.3 is 0 Å². The molecule has 0 aliphatic heterocycles. The first-order valence-corrected chi connectivity index (χ1v) is 3.77. The SMILES string of the molecule is O=C[C@@H]1C[C@H]1c1ccncc1. The molecule has 1 aromatic heterocycles. The summed E-state index contributed by atoms with van der Waals surface area (Å²) in [7, 11) is 0. The van der Waals surface area contributed by atoms with Crippen molar-refractivity contribution in [1.82, 2.24) is 4.98 Å². The number of carbonyl (C=O) groups excluding carboxylic acids is 1. The van der Waals surface area contributed by atoms with Crippen LogP contribution in [0.5, 0.6) is 0 Å². The molecule has 0 spiro atoms. The van der Waals surface area contributed by atoms with Crippen molar-refractivity contribution in [1.29, 1.82) is 0 Å². The van der Waals surface area contributed by atoms with Gasteiger partial charge in [-0.2, -0.15) is 0 Å². The van der Waals surface area contributed by atoms with Gasteiger partial charge in [0.05, 0.1) is 0 Å². The van der Waals surface area contributed by atoms with Crippen LogP contribution in [0.3, 0.4) is 0 Å². The fourth-order valence-electron chi connectivity index (χ4n) is 1.36. The Morgan fingerprint density at radius 2 is 2.18 bits per heavy atom. The fraction of sp³-hybridized carbons (Fsp3) is 0.333. The standard InChI is InChI=1S/C9H9NO/c11-6-8-5-9(8)7-1-3-10-4-2-7/h1-4,6,8-9H,5H2/t8-,9-/m0/s1. The quantitative estimate of drug-likeness (QED) is 0.591. The molecule has 2 atom stereocenters. The van der Waals surface area contributed by atoms with Crippen molar-refractivity contribution in [3.63, 3.8) is 0 Å². The molecule has 2 rings (SSSR count). The van der Waals surface area contributed by atoms with Gasteiger partial charge < -0.3 is 4.79 Å². The summed E-state index contributed by atoms with van der Waals surface area (Å²) >= 11 is 0. The minimum atomic E-state index is 0.275. The Morgan fingerprint density at radius 1 is 1.45 bits per heavy atom. The maximum Gasteiger partial charge on any atom is 0.123 e. The van der Waals surface area contributed by atoms with Gasteiger partial charge in [-0.1, -0.05) is 0 Å². The van der Waals surface area contributed by atoms with E-state index in [0.717, 1.165) is 12.7 Å². The maximum atomic E-state index is 10.3. The van der Waals surface area contributed by atoms with Crippen LogP contribution in [0.2, 0.25) is 0 Å². The van der Waals surface area contributed by atoms with Gasteiger partial charge in [-0.3, -0.25) is 4.98 Å². The Labute approximate surface area is 65.3 Å². The fourth-order valence-corrected chi connectivity index (χ4v) is 1.36. The molecule has 1 aromatic rings. The van der Waals surface area contributed by atoms with Gasteiger partial charge in [0.2, 0.25) is 0 Å². The lowest BCUT2D eigenvalue weighted by Gasteiger charge is -1.93. The zero-order valence-electron chi connectivity index (χ0n) is 6.10. The number of aromatic nitrogens is 1. The molecule has 0 amide bonds. The number of aldehydes is 1. The predicted octanol–water partition coefficient (Wildman–Crippen LogP) is 1.38. The van der Waals surface area contributed by atoms with Crippen molar-refractivity contribution in [2.24, 2.45) is 5.92 Å². The Kier molecular flexibility index (Phi) is 1.46. The molecule has 1 saturated carbocycles. The maximum absolute atomic E-state index is 10.3. The molecule has 0 aromatic carbocycles. The third-order valence-corrected chi connectivity index (χ3v) is 2.15. The van der Waals surface area contributed by atoms with Gasteiger partial charge in [0, 0.05) is 18.3 Å². The minimum absolute atomic E-state index is 0.275. The normalized spacial score (nSPS) is 28.0. The van der Waals surface area contributed by atoms with E-state index in [-0.39, 0.29) is 5.92 Å². The number of pyridine rings is 1. The molecule has 1 heterocycles. The topological polar surface area (TPSA) is 30.0 Å². The predicted molar refractivity (Wildman–Crippen MR) is 41.1 cm³/mol. The lowest BCUT2D eigenvalue weighted by atomic mass is 10.1.